The zero-order valence-electron chi connectivity index (χ0n) is 12.0. The van der Waals surface area contributed by atoms with Crippen LogP contribution in [0.15, 0.2) is 24.3 Å². The van der Waals surface area contributed by atoms with Crippen molar-refractivity contribution in [1.29, 1.82) is 0 Å². The molecule has 0 unspecified atom stereocenters. The largest absolute Gasteiger partial charge is 0.494 e. The number of ether oxygens (including phenoxy) is 2. The summed E-state index contributed by atoms with van der Waals surface area (Å²) in [5.74, 6) is 0.553. The molecule has 0 bridgehead atoms. The Morgan fingerprint density at radius 2 is 1.85 bits per heavy atom. The quantitative estimate of drug-likeness (QED) is 0.553. The molecular weight excluding hydrogens is 258 g/mol. The average Bonchev–Trinajstić information content (AvgIpc) is 2.46. The highest BCUT2D eigenvalue weighted by Gasteiger charge is 2.09. The van der Waals surface area contributed by atoms with E-state index in [1.54, 1.807) is 31.4 Å². The summed E-state index contributed by atoms with van der Waals surface area (Å²) in [6.45, 7) is 3.43. The van der Waals surface area contributed by atoms with Gasteiger partial charge in [-0.2, -0.15) is 0 Å². The SMILES string of the molecule is CCOc1ccc(C(=O)CCC(=O)NCCOC)cc1. The van der Waals surface area contributed by atoms with Crippen LogP contribution in [0, 0.1) is 0 Å². The number of carbonyl (C=O) groups is 2. The van der Waals surface area contributed by atoms with Crippen molar-refractivity contribution < 1.29 is 19.1 Å². The first-order chi connectivity index (χ1) is 9.67. The standard InChI is InChI=1S/C15H21NO4/c1-3-20-13-6-4-12(5-7-13)14(17)8-9-15(18)16-10-11-19-2/h4-7H,3,8-11H2,1-2H3,(H,16,18). The molecule has 1 N–H and O–H groups in total. The number of carbonyl (C=O) groups excluding carboxylic acids is 2. The van der Waals surface area contributed by atoms with Crippen LogP contribution in [0.3, 0.4) is 0 Å². The maximum atomic E-state index is 11.9. The predicted molar refractivity (Wildman–Crippen MR) is 76.1 cm³/mol. The van der Waals surface area contributed by atoms with E-state index in [-0.39, 0.29) is 24.5 Å². The Hall–Kier alpha value is -1.88. The second kappa shape index (κ2) is 9.09. The first-order valence-corrected chi connectivity index (χ1v) is 6.69. The minimum absolute atomic E-state index is 0.0464. The summed E-state index contributed by atoms with van der Waals surface area (Å²) < 4.78 is 10.1. The highest BCUT2D eigenvalue weighted by atomic mass is 16.5. The smallest absolute Gasteiger partial charge is 0.220 e. The molecule has 5 heteroatoms. The van der Waals surface area contributed by atoms with Crippen LogP contribution >= 0.6 is 0 Å². The molecule has 0 atom stereocenters. The van der Waals surface area contributed by atoms with Crippen molar-refractivity contribution >= 4 is 11.7 Å². The number of benzene rings is 1. The number of nitrogens with one attached hydrogen (secondary N) is 1. The first-order valence-electron chi connectivity index (χ1n) is 6.69. The minimum atomic E-state index is -0.138. The summed E-state index contributed by atoms with van der Waals surface area (Å²) >= 11 is 0. The van der Waals surface area contributed by atoms with E-state index in [0.717, 1.165) is 5.75 Å². The Balaban J connectivity index is 2.36. The van der Waals surface area contributed by atoms with Gasteiger partial charge in [0.15, 0.2) is 5.78 Å². The van der Waals surface area contributed by atoms with Crippen molar-refractivity contribution in [1.82, 2.24) is 5.32 Å². The molecule has 1 rings (SSSR count). The number of amides is 1. The van der Waals surface area contributed by atoms with Crippen LogP contribution in [0.5, 0.6) is 5.75 Å². The number of hydrogen-bond acceptors (Lipinski definition) is 4. The molecule has 0 spiro atoms. The highest BCUT2D eigenvalue weighted by molar-refractivity contribution is 5.98. The fraction of sp³-hybridized carbons (Fsp3) is 0.467. The van der Waals surface area contributed by atoms with Crippen molar-refractivity contribution in [2.45, 2.75) is 19.8 Å². The van der Waals surface area contributed by atoms with E-state index < -0.39 is 0 Å². The molecule has 0 heterocycles. The zero-order chi connectivity index (χ0) is 14.8. The van der Waals surface area contributed by atoms with Gasteiger partial charge >= 0.3 is 0 Å². The summed E-state index contributed by atoms with van der Waals surface area (Å²) in [6, 6.07) is 6.96. The van der Waals surface area contributed by atoms with Crippen molar-refractivity contribution in [2.24, 2.45) is 0 Å². The Kier molecular flexibility index (Phi) is 7.35. The van der Waals surface area contributed by atoms with Gasteiger partial charge in [-0.05, 0) is 31.2 Å². The number of Topliss-reactive ketones (excluding diaryl/α,β-unsaturated/α-hetero) is 1. The molecule has 1 aromatic rings. The van der Waals surface area contributed by atoms with E-state index in [1.807, 2.05) is 6.92 Å². The summed E-state index contributed by atoms with van der Waals surface area (Å²) in [7, 11) is 1.57. The highest BCUT2D eigenvalue weighted by Crippen LogP contribution is 2.13. The van der Waals surface area contributed by atoms with Gasteiger partial charge in [0.05, 0.1) is 13.2 Å². The van der Waals surface area contributed by atoms with Gasteiger partial charge < -0.3 is 14.8 Å². The van der Waals surface area contributed by atoms with E-state index in [1.165, 1.54) is 0 Å². The summed E-state index contributed by atoms with van der Waals surface area (Å²) in [6.07, 6.45) is 0.391. The Labute approximate surface area is 119 Å². The van der Waals surface area contributed by atoms with E-state index in [4.69, 9.17) is 9.47 Å². The molecule has 0 radical (unpaired) electrons. The van der Waals surface area contributed by atoms with Crippen LogP contribution in [-0.4, -0.2) is 38.6 Å². The lowest BCUT2D eigenvalue weighted by molar-refractivity contribution is -0.121. The normalized spacial score (nSPS) is 10.1. The zero-order valence-corrected chi connectivity index (χ0v) is 12.0. The molecule has 0 saturated heterocycles. The average molecular weight is 279 g/mol. The molecule has 0 aliphatic carbocycles. The third-order valence-corrected chi connectivity index (χ3v) is 2.69. The van der Waals surface area contributed by atoms with Gasteiger partial charge in [0, 0.05) is 32.1 Å². The molecule has 0 saturated carbocycles. The van der Waals surface area contributed by atoms with Gasteiger partial charge in [0.1, 0.15) is 5.75 Å². The summed E-state index contributed by atoms with van der Waals surface area (Å²) in [5.41, 5.74) is 0.596. The molecule has 110 valence electrons. The maximum Gasteiger partial charge on any atom is 0.220 e. The Bertz CT molecular complexity index is 428. The fourth-order valence-corrected chi connectivity index (χ4v) is 1.66. The van der Waals surface area contributed by atoms with Crippen LogP contribution in [0.2, 0.25) is 0 Å². The van der Waals surface area contributed by atoms with Gasteiger partial charge in [0.25, 0.3) is 0 Å². The molecular formula is C15H21NO4. The Morgan fingerprint density at radius 3 is 2.45 bits per heavy atom. The van der Waals surface area contributed by atoms with E-state index in [0.29, 0.717) is 25.3 Å². The second-order valence-corrected chi connectivity index (χ2v) is 4.22. The van der Waals surface area contributed by atoms with Gasteiger partial charge in [0.2, 0.25) is 5.91 Å². The third-order valence-electron chi connectivity index (χ3n) is 2.69. The molecule has 20 heavy (non-hydrogen) atoms. The van der Waals surface area contributed by atoms with Gasteiger partial charge in [-0.1, -0.05) is 0 Å². The van der Waals surface area contributed by atoms with Crippen molar-refractivity contribution in [2.75, 3.05) is 26.9 Å². The summed E-state index contributed by atoms with van der Waals surface area (Å²) in [4.78, 5) is 23.4. The number of rotatable bonds is 9. The number of hydrogen-bond donors (Lipinski definition) is 1. The van der Waals surface area contributed by atoms with Gasteiger partial charge in [-0.15, -0.1) is 0 Å². The van der Waals surface area contributed by atoms with Crippen molar-refractivity contribution in [3.05, 3.63) is 29.8 Å². The molecule has 1 aromatic carbocycles. The first kappa shape index (κ1) is 16.2. The number of ketones is 1. The molecule has 0 aliphatic rings. The van der Waals surface area contributed by atoms with E-state index in [2.05, 4.69) is 5.32 Å². The third kappa shape index (κ3) is 5.84. The van der Waals surface area contributed by atoms with Crippen molar-refractivity contribution in [3.8, 4) is 5.75 Å². The lowest BCUT2D eigenvalue weighted by Gasteiger charge is -2.05. The molecule has 5 nitrogen and oxygen atoms in total. The Morgan fingerprint density at radius 1 is 1.15 bits per heavy atom. The summed E-state index contributed by atoms with van der Waals surface area (Å²) in [5, 5.41) is 2.68. The van der Waals surface area contributed by atoms with Crippen LogP contribution in [0.4, 0.5) is 0 Å². The lowest BCUT2D eigenvalue weighted by atomic mass is 10.1. The predicted octanol–water partition coefficient (Wildman–Crippen LogP) is 1.81. The second-order valence-electron chi connectivity index (χ2n) is 4.22. The topological polar surface area (TPSA) is 64.6 Å². The molecule has 1 amide bonds. The van der Waals surface area contributed by atoms with Gasteiger partial charge in [-0.3, -0.25) is 9.59 Å². The van der Waals surface area contributed by atoms with Crippen LogP contribution < -0.4 is 10.1 Å². The van der Waals surface area contributed by atoms with Crippen LogP contribution in [0.1, 0.15) is 30.1 Å². The van der Waals surface area contributed by atoms with Crippen LogP contribution in [0.25, 0.3) is 0 Å². The van der Waals surface area contributed by atoms with E-state index >= 15 is 0 Å². The maximum absolute atomic E-state index is 11.9. The van der Waals surface area contributed by atoms with E-state index in [9.17, 15) is 9.59 Å². The number of methoxy groups -OCH3 is 1. The van der Waals surface area contributed by atoms with Crippen LogP contribution in [-0.2, 0) is 9.53 Å². The molecule has 0 aromatic heterocycles. The minimum Gasteiger partial charge on any atom is -0.494 e. The molecule has 0 fully saturated rings. The van der Waals surface area contributed by atoms with Crippen molar-refractivity contribution in [3.63, 3.8) is 0 Å². The lowest BCUT2D eigenvalue weighted by Crippen LogP contribution is -2.27. The fourth-order valence-electron chi connectivity index (χ4n) is 1.66. The molecule has 0 aliphatic heterocycles. The monoisotopic (exact) mass is 279 g/mol. The van der Waals surface area contributed by atoms with Gasteiger partial charge in [-0.25, -0.2) is 0 Å².